The number of ether oxygens (including phenoxy) is 2. The SMILES string of the molecule is CNC(=O)c1ccc(NC(=O)CO/N=C/c2ccc(OC(F)F)c(OC)c2)cc1. The first-order chi connectivity index (χ1) is 13.9. The smallest absolute Gasteiger partial charge is 0.387 e. The van der Waals surface area contributed by atoms with E-state index in [0.717, 1.165) is 0 Å². The molecule has 0 atom stereocenters. The molecule has 2 aromatic carbocycles. The molecule has 2 aromatic rings. The first-order valence-electron chi connectivity index (χ1n) is 8.33. The van der Waals surface area contributed by atoms with Gasteiger partial charge in [-0.3, -0.25) is 9.59 Å². The number of oxime groups is 1. The third-order valence-corrected chi connectivity index (χ3v) is 3.53. The van der Waals surface area contributed by atoms with E-state index in [9.17, 15) is 18.4 Å². The van der Waals surface area contributed by atoms with E-state index >= 15 is 0 Å². The topological polar surface area (TPSA) is 98.3 Å². The van der Waals surface area contributed by atoms with E-state index in [1.54, 1.807) is 24.3 Å². The van der Waals surface area contributed by atoms with Gasteiger partial charge in [-0.15, -0.1) is 0 Å². The number of hydrogen-bond donors (Lipinski definition) is 2. The van der Waals surface area contributed by atoms with Crippen LogP contribution in [0.3, 0.4) is 0 Å². The fourth-order valence-electron chi connectivity index (χ4n) is 2.20. The molecule has 8 nitrogen and oxygen atoms in total. The molecule has 0 saturated heterocycles. The van der Waals surface area contributed by atoms with E-state index < -0.39 is 12.5 Å². The Morgan fingerprint density at radius 2 is 1.86 bits per heavy atom. The number of anilines is 1. The molecule has 0 bridgehead atoms. The van der Waals surface area contributed by atoms with E-state index in [1.165, 1.54) is 38.6 Å². The first-order valence-corrected chi connectivity index (χ1v) is 8.33. The van der Waals surface area contributed by atoms with E-state index in [4.69, 9.17) is 9.57 Å². The summed E-state index contributed by atoms with van der Waals surface area (Å²) in [6, 6.07) is 10.5. The lowest BCUT2D eigenvalue weighted by Gasteiger charge is -2.09. The Morgan fingerprint density at radius 1 is 1.14 bits per heavy atom. The molecular formula is C19H19F2N3O5. The lowest BCUT2D eigenvalue weighted by molar-refractivity contribution is -0.120. The van der Waals surface area contributed by atoms with Crippen molar-refractivity contribution < 1.29 is 32.7 Å². The van der Waals surface area contributed by atoms with Gasteiger partial charge in [0.2, 0.25) is 0 Å². The molecule has 0 fully saturated rings. The number of amides is 2. The Balaban J connectivity index is 1.85. The van der Waals surface area contributed by atoms with Crippen LogP contribution >= 0.6 is 0 Å². The third-order valence-electron chi connectivity index (χ3n) is 3.53. The van der Waals surface area contributed by atoms with Gasteiger partial charge in [0.05, 0.1) is 13.3 Å². The van der Waals surface area contributed by atoms with Crippen LogP contribution in [0.4, 0.5) is 14.5 Å². The predicted octanol–water partition coefficient (Wildman–Crippen LogP) is 2.65. The lowest BCUT2D eigenvalue weighted by Crippen LogP contribution is -2.19. The largest absolute Gasteiger partial charge is 0.493 e. The molecule has 2 N–H and O–H groups in total. The van der Waals surface area contributed by atoms with Gasteiger partial charge in [-0.05, 0) is 42.5 Å². The number of alkyl halides is 2. The van der Waals surface area contributed by atoms with Crippen LogP contribution < -0.4 is 20.1 Å². The number of carbonyl (C=O) groups excluding carboxylic acids is 2. The Labute approximate surface area is 165 Å². The van der Waals surface area contributed by atoms with Crippen LogP contribution in [-0.4, -0.2) is 45.4 Å². The summed E-state index contributed by atoms with van der Waals surface area (Å²) in [4.78, 5) is 28.2. The number of methoxy groups -OCH3 is 1. The molecule has 0 aliphatic carbocycles. The van der Waals surface area contributed by atoms with Crippen LogP contribution in [0.5, 0.6) is 11.5 Å². The quantitative estimate of drug-likeness (QED) is 0.492. The van der Waals surface area contributed by atoms with Crippen molar-refractivity contribution in [1.82, 2.24) is 5.32 Å². The van der Waals surface area contributed by atoms with Gasteiger partial charge >= 0.3 is 6.61 Å². The van der Waals surface area contributed by atoms with Crippen molar-refractivity contribution in [1.29, 1.82) is 0 Å². The average molecular weight is 407 g/mol. The van der Waals surface area contributed by atoms with Gasteiger partial charge in [0.25, 0.3) is 11.8 Å². The standard InChI is InChI=1S/C19H19F2N3O5/c1-22-18(26)13-4-6-14(7-5-13)24-17(25)11-28-23-10-12-3-8-15(29-19(20)21)16(9-12)27-2/h3-10,19H,11H2,1-2H3,(H,22,26)(H,24,25)/b23-10+. The summed E-state index contributed by atoms with van der Waals surface area (Å²) in [5.41, 5.74) is 1.45. The second kappa shape index (κ2) is 10.6. The van der Waals surface area contributed by atoms with E-state index in [0.29, 0.717) is 16.8 Å². The van der Waals surface area contributed by atoms with Gasteiger partial charge in [-0.2, -0.15) is 8.78 Å². The third kappa shape index (κ3) is 6.76. The molecule has 2 rings (SSSR count). The minimum Gasteiger partial charge on any atom is -0.493 e. The number of nitrogens with zero attached hydrogens (tertiary/aromatic N) is 1. The second-order valence-corrected chi connectivity index (χ2v) is 5.50. The van der Waals surface area contributed by atoms with Gasteiger partial charge in [0.1, 0.15) is 0 Å². The van der Waals surface area contributed by atoms with Crippen LogP contribution in [0, 0.1) is 0 Å². The lowest BCUT2D eigenvalue weighted by atomic mass is 10.2. The average Bonchev–Trinajstić information content (AvgIpc) is 2.71. The zero-order chi connectivity index (χ0) is 21.2. The van der Waals surface area contributed by atoms with Crippen molar-refractivity contribution in [2.24, 2.45) is 5.16 Å². The fourth-order valence-corrected chi connectivity index (χ4v) is 2.20. The predicted molar refractivity (Wildman–Crippen MR) is 102 cm³/mol. The molecule has 0 heterocycles. The van der Waals surface area contributed by atoms with Gasteiger partial charge in [-0.25, -0.2) is 0 Å². The van der Waals surface area contributed by atoms with E-state index in [-0.39, 0.29) is 24.0 Å². The number of benzene rings is 2. The van der Waals surface area contributed by atoms with Crippen molar-refractivity contribution in [3.05, 3.63) is 53.6 Å². The minimum atomic E-state index is -2.97. The molecule has 0 unspecified atom stereocenters. The normalized spacial score (nSPS) is 10.7. The van der Waals surface area contributed by atoms with Crippen molar-refractivity contribution in [2.75, 3.05) is 26.1 Å². The summed E-state index contributed by atoms with van der Waals surface area (Å²) in [5, 5.41) is 8.74. The monoisotopic (exact) mass is 407 g/mol. The molecule has 0 aliphatic rings. The molecule has 0 saturated carbocycles. The van der Waals surface area contributed by atoms with Crippen molar-refractivity contribution in [3.63, 3.8) is 0 Å². The highest BCUT2D eigenvalue weighted by atomic mass is 19.3. The maximum Gasteiger partial charge on any atom is 0.387 e. The Bertz CT molecular complexity index is 873. The fraction of sp³-hybridized carbons (Fsp3) is 0.211. The van der Waals surface area contributed by atoms with Crippen molar-refractivity contribution in [2.45, 2.75) is 6.61 Å². The van der Waals surface area contributed by atoms with Crippen LogP contribution in [0.25, 0.3) is 0 Å². The van der Waals surface area contributed by atoms with Gasteiger partial charge in [-0.1, -0.05) is 5.16 Å². The zero-order valence-corrected chi connectivity index (χ0v) is 15.6. The summed E-state index contributed by atoms with van der Waals surface area (Å²) in [6.45, 7) is -3.32. The highest BCUT2D eigenvalue weighted by molar-refractivity contribution is 5.95. The number of rotatable bonds is 9. The van der Waals surface area contributed by atoms with Crippen LogP contribution in [0.1, 0.15) is 15.9 Å². The summed E-state index contributed by atoms with van der Waals surface area (Å²) in [6.07, 6.45) is 1.29. The summed E-state index contributed by atoms with van der Waals surface area (Å²) in [7, 11) is 2.84. The van der Waals surface area contributed by atoms with E-state index in [2.05, 4.69) is 20.5 Å². The number of nitrogens with one attached hydrogen (secondary N) is 2. The summed E-state index contributed by atoms with van der Waals surface area (Å²) < 4.78 is 33.9. The molecular weight excluding hydrogens is 388 g/mol. The number of hydrogen-bond acceptors (Lipinski definition) is 6. The summed E-state index contributed by atoms with van der Waals surface area (Å²) in [5.74, 6) is -0.686. The second-order valence-electron chi connectivity index (χ2n) is 5.50. The number of carbonyl (C=O) groups is 2. The highest BCUT2D eigenvalue weighted by Crippen LogP contribution is 2.28. The number of halogens is 2. The molecule has 0 aromatic heterocycles. The maximum atomic E-state index is 12.3. The Hall–Kier alpha value is -3.69. The molecule has 154 valence electrons. The Kier molecular flexibility index (Phi) is 7.89. The van der Waals surface area contributed by atoms with Crippen molar-refractivity contribution >= 4 is 23.7 Å². The van der Waals surface area contributed by atoms with E-state index in [1.807, 2.05) is 0 Å². The van der Waals surface area contributed by atoms with Crippen LogP contribution in [0.2, 0.25) is 0 Å². The highest BCUT2D eigenvalue weighted by Gasteiger charge is 2.10. The zero-order valence-electron chi connectivity index (χ0n) is 15.6. The molecule has 2 amide bonds. The van der Waals surface area contributed by atoms with Crippen LogP contribution in [-0.2, 0) is 9.63 Å². The molecule has 10 heteroatoms. The first kappa shape index (κ1) is 21.6. The summed E-state index contributed by atoms with van der Waals surface area (Å²) >= 11 is 0. The van der Waals surface area contributed by atoms with Gasteiger partial charge in [0.15, 0.2) is 18.1 Å². The Morgan fingerprint density at radius 3 is 2.48 bits per heavy atom. The minimum absolute atomic E-state index is 0.104. The van der Waals surface area contributed by atoms with Gasteiger partial charge < -0.3 is 24.9 Å². The molecule has 0 aliphatic heterocycles. The van der Waals surface area contributed by atoms with Crippen molar-refractivity contribution in [3.8, 4) is 11.5 Å². The maximum absolute atomic E-state index is 12.3. The molecule has 0 radical (unpaired) electrons. The van der Waals surface area contributed by atoms with Crippen LogP contribution in [0.15, 0.2) is 47.6 Å². The van der Waals surface area contributed by atoms with Gasteiger partial charge in [0, 0.05) is 23.9 Å². The molecule has 0 spiro atoms. The molecule has 29 heavy (non-hydrogen) atoms.